The minimum Gasteiger partial charge on any atom is -0.309 e. The Hall–Kier alpha value is -2.26. The van der Waals surface area contributed by atoms with Crippen LogP contribution in [0.3, 0.4) is 0 Å². The SMILES string of the molecule is CNC(c1ccc(F)c(C)c1)c1cccc2ccncc12. The third-order valence-corrected chi connectivity index (χ3v) is 3.83. The van der Waals surface area contributed by atoms with Crippen molar-refractivity contribution < 1.29 is 4.39 Å². The number of nitrogens with one attached hydrogen (secondary N) is 1. The van der Waals surface area contributed by atoms with Crippen molar-refractivity contribution >= 4 is 10.8 Å². The van der Waals surface area contributed by atoms with Gasteiger partial charge in [-0.15, -0.1) is 0 Å². The lowest BCUT2D eigenvalue weighted by Crippen LogP contribution is -2.18. The summed E-state index contributed by atoms with van der Waals surface area (Å²) < 4.78 is 13.5. The third-order valence-electron chi connectivity index (χ3n) is 3.83. The number of aromatic nitrogens is 1. The van der Waals surface area contributed by atoms with Gasteiger partial charge in [0.05, 0.1) is 6.04 Å². The second-order valence-corrected chi connectivity index (χ2v) is 5.17. The van der Waals surface area contributed by atoms with Crippen LogP contribution in [0, 0.1) is 12.7 Å². The Kier molecular flexibility index (Phi) is 3.67. The van der Waals surface area contributed by atoms with Gasteiger partial charge in [0.25, 0.3) is 0 Å². The molecule has 2 nitrogen and oxygen atoms in total. The Morgan fingerprint density at radius 1 is 1.14 bits per heavy atom. The molecule has 3 heteroatoms. The number of benzene rings is 2. The second kappa shape index (κ2) is 5.62. The smallest absolute Gasteiger partial charge is 0.126 e. The van der Waals surface area contributed by atoms with E-state index in [1.165, 1.54) is 6.07 Å². The van der Waals surface area contributed by atoms with E-state index < -0.39 is 0 Å². The highest BCUT2D eigenvalue weighted by Crippen LogP contribution is 2.29. The Balaban J connectivity index is 2.16. The molecular weight excluding hydrogens is 263 g/mol. The number of hydrogen-bond donors (Lipinski definition) is 1. The van der Waals surface area contributed by atoms with Crippen LogP contribution in [-0.4, -0.2) is 12.0 Å². The van der Waals surface area contributed by atoms with Crippen LogP contribution in [0.25, 0.3) is 10.8 Å². The Bertz CT molecular complexity index is 778. The van der Waals surface area contributed by atoms with Crippen molar-refractivity contribution in [1.29, 1.82) is 0 Å². The number of hydrogen-bond acceptors (Lipinski definition) is 2. The van der Waals surface area contributed by atoms with Crippen LogP contribution in [0.4, 0.5) is 4.39 Å². The van der Waals surface area contributed by atoms with Gasteiger partial charge in [0.15, 0.2) is 0 Å². The summed E-state index contributed by atoms with van der Waals surface area (Å²) >= 11 is 0. The average molecular weight is 280 g/mol. The van der Waals surface area contributed by atoms with Gasteiger partial charge in [0, 0.05) is 17.8 Å². The van der Waals surface area contributed by atoms with E-state index in [0.717, 1.165) is 21.9 Å². The van der Waals surface area contributed by atoms with Crippen LogP contribution in [-0.2, 0) is 0 Å². The molecule has 3 rings (SSSR count). The number of fused-ring (bicyclic) bond motifs is 1. The molecule has 1 unspecified atom stereocenters. The summed E-state index contributed by atoms with van der Waals surface area (Å²) in [6.07, 6.45) is 3.67. The lowest BCUT2D eigenvalue weighted by Gasteiger charge is -2.19. The molecular formula is C18H17FN2. The van der Waals surface area contributed by atoms with Crippen molar-refractivity contribution in [1.82, 2.24) is 10.3 Å². The predicted molar refractivity (Wildman–Crippen MR) is 83.8 cm³/mol. The van der Waals surface area contributed by atoms with Crippen molar-refractivity contribution in [3.8, 4) is 0 Å². The largest absolute Gasteiger partial charge is 0.309 e. The molecule has 1 atom stereocenters. The molecule has 106 valence electrons. The minimum atomic E-state index is -0.173. The van der Waals surface area contributed by atoms with E-state index in [-0.39, 0.29) is 11.9 Å². The quantitative estimate of drug-likeness (QED) is 0.784. The number of nitrogens with zero attached hydrogens (tertiary/aromatic N) is 1. The molecule has 0 bridgehead atoms. The molecule has 0 saturated carbocycles. The zero-order valence-electron chi connectivity index (χ0n) is 12.1. The Morgan fingerprint density at radius 3 is 2.76 bits per heavy atom. The zero-order valence-corrected chi connectivity index (χ0v) is 12.1. The standard InChI is InChI=1S/C18H17FN2/c1-12-10-14(6-7-17(12)19)18(20-2)15-5-3-4-13-8-9-21-11-16(13)15/h3-11,18,20H,1-2H3. The van der Waals surface area contributed by atoms with E-state index in [4.69, 9.17) is 0 Å². The Morgan fingerprint density at radius 2 is 2.00 bits per heavy atom. The molecule has 21 heavy (non-hydrogen) atoms. The predicted octanol–water partition coefficient (Wildman–Crippen LogP) is 3.99. The van der Waals surface area contributed by atoms with Gasteiger partial charge in [-0.25, -0.2) is 4.39 Å². The van der Waals surface area contributed by atoms with E-state index in [1.54, 1.807) is 13.1 Å². The summed E-state index contributed by atoms with van der Waals surface area (Å²) in [7, 11) is 1.92. The topological polar surface area (TPSA) is 24.9 Å². The van der Waals surface area contributed by atoms with Gasteiger partial charge in [0.1, 0.15) is 5.82 Å². The van der Waals surface area contributed by atoms with Gasteiger partial charge in [-0.1, -0.05) is 30.3 Å². The van der Waals surface area contributed by atoms with Crippen LogP contribution in [0.2, 0.25) is 0 Å². The monoisotopic (exact) mass is 280 g/mol. The molecule has 0 amide bonds. The fraction of sp³-hybridized carbons (Fsp3) is 0.167. The summed E-state index contributed by atoms with van der Waals surface area (Å²) in [5, 5.41) is 5.59. The van der Waals surface area contributed by atoms with Gasteiger partial charge < -0.3 is 5.32 Å². The number of halogens is 1. The van der Waals surface area contributed by atoms with Gasteiger partial charge in [-0.2, -0.15) is 0 Å². The van der Waals surface area contributed by atoms with Crippen LogP contribution >= 0.6 is 0 Å². The van der Waals surface area contributed by atoms with E-state index in [0.29, 0.717) is 5.56 Å². The van der Waals surface area contributed by atoms with Crippen LogP contribution in [0.1, 0.15) is 22.7 Å². The molecule has 0 fully saturated rings. The first-order chi connectivity index (χ1) is 10.2. The second-order valence-electron chi connectivity index (χ2n) is 5.17. The highest BCUT2D eigenvalue weighted by Gasteiger charge is 2.15. The Labute approximate surface area is 123 Å². The van der Waals surface area contributed by atoms with Crippen molar-refractivity contribution in [2.45, 2.75) is 13.0 Å². The number of rotatable bonds is 3. The summed E-state index contributed by atoms with van der Waals surface area (Å²) in [4.78, 5) is 4.23. The molecule has 2 aromatic carbocycles. The summed E-state index contributed by atoms with van der Waals surface area (Å²) in [5.74, 6) is -0.173. The van der Waals surface area contributed by atoms with Gasteiger partial charge in [-0.05, 0) is 48.2 Å². The molecule has 3 aromatic rings. The minimum absolute atomic E-state index is 0.0113. The van der Waals surface area contributed by atoms with Crippen molar-refractivity contribution in [2.75, 3.05) is 7.05 Å². The first-order valence-corrected chi connectivity index (χ1v) is 6.96. The normalized spacial score (nSPS) is 12.5. The highest BCUT2D eigenvalue weighted by atomic mass is 19.1. The van der Waals surface area contributed by atoms with Crippen LogP contribution < -0.4 is 5.32 Å². The van der Waals surface area contributed by atoms with Gasteiger partial charge >= 0.3 is 0 Å². The lowest BCUT2D eigenvalue weighted by molar-refractivity contribution is 0.614. The van der Waals surface area contributed by atoms with E-state index in [2.05, 4.69) is 22.4 Å². The maximum Gasteiger partial charge on any atom is 0.126 e. The van der Waals surface area contributed by atoms with Gasteiger partial charge in [-0.3, -0.25) is 4.98 Å². The summed E-state index contributed by atoms with van der Waals surface area (Å²) in [6.45, 7) is 1.79. The third kappa shape index (κ3) is 2.52. The van der Waals surface area contributed by atoms with E-state index in [1.807, 2.05) is 37.5 Å². The zero-order chi connectivity index (χ0) is 14.8. The molecule has 1 N–H and O–H groups in total. The van der Waals surface area contributed by atoms with Gasteiger partial charge in [0.2, 0.25) is 0 Å². The molecule has 0 radical (unpaired) electrons. The molecule has 0 saturated heterocycles. The lowest BCUT2D eigenvalue weighted by atomic mass is 9.94. The van der Waals surface area contributed by atoms with E-state index >= 15 is 0 Å². The number of aryl methyl sites for hydroxylation is 1. The molecule has 0 aliphatic rings. The van der Waals surface area contributed by atoms with Crippen LogP contribution in [0.15, 0.2) is 54.9 Å². The number of pyridine rings is 1. The van der Waals surface area contributed by atoms with Crippen LogP contribution in [0.5, 0.6) is 0 Å². The molecule has 0 spiro atoms. The highest BCUT2D eigenvalue weighted by molar-refractivity contribution is 5.85. The maximum atomic E-state index is 13.5. The first-order valence-electron chi connectivity index (χ1n) is 6.96. The average Bonchev–Trinajstić information content (AvgIpc) is 2.52. The summed E-state index contributed by atoms with van der Waals surface area (Å²) in [6, 6.07) is 13.5. The van der Waals surface area contributed by atoms with E-state index in [9.17, 15) is 4.39 Å². The molecule has 0 aliphatic heterocycles. The molecule has 0 aliphatic carbocycles. The summed E-state index contributed by atoms with van der Waals surface area (Å²) in [5.41, 5.74) is 2.85. The fourth-order valence-corrected chi connectivity index (χ4v) is 2.74. The van der Waals surface area contributed by atoms with Crippen molar-refractivity contribution in [3.05, 3.63) is 77.4 Å². The molecule has 1 heterocycles. The first kappa shape index (κ1) is 13.7. The molecule has 1 aromatic heterocycles. The van der Waals surface area contributed by atoms with Crippen molar-refractivity contribution in [2.24, 2.45) is 0 Å². The van der Waals surface area contributed by atoms with Crippen molar-refractivity contribution in [3.63, 3.8) is 0 Å². The fourth-order valence-electron chi connectivity index (χ4n) is 2.74. The maximum absolute atomic E-state index is 13.5.